The molecule has 0 saturated carbocycles. The van der Waals surface area contributed by atoms with Gasteiger partial charge >= 0.3 is 0 Å². The summed E-state index contributed by atoms with van der Waals surface area (Å²) in [5, 5.41) is 3.27. The fraction of sp³-hybridized carbons (Fsp3) is 0.294. The van der Waals surface area contributed by atoms with Crippen LogP contribution in [0.1, 0.15) is 24.3 Å². The van der Waals surface area contributed by atoms with Crippen LogP contribution in [0, 0.1) is 17.5 Å². The Hall–Kier alpha value is -1.81. The first-order chi connectivity index (χ1) is 10.1. The third-order valence-corrected chi connectivity index (χ3v) is 3.98. The first kappa shape index (κ1) is 14.1. The molecule has 0 aliphatic carbocycles. The Morgan fingerprint density at radius 1 is 0.810 bits per heavy atom. The lowest BCUT2D eigenvalue weighted by Crippen LogP contribution is -2.26. The predicted octanol–water partition coefficient (Wildman–Crippen LogP) is 4.24. The van der Waals surface area contributed by atoms with Gasteiger partial charge in [0.05, 0.1) is 0 Å². The van der Waals surface area contributed by atoms with Crippen molar-refractivity contribution in [1.29, 1.82) is 0 Å². The molecule has 1 fully saturated rings. The van der Waals surface area contributed by atoms with Crippen LogP contribution < -0.4 is 5.32 Å². The third-order valence-electron chi connectivity index (χ3n) is 3.98. The zero-order valence-corrected chi connectivity index (χ0v) is 11.5. The summed E-state index contributed by atoms with van der Waals surface area (Å²) in [4.78, 5) is 0. The second kappa shape index (κ2) is 5.90. The number of hydrogen-bond donors (Lipinski definition) is 1. The fourth-order valence-corrected chi connectivity index (χ4v) is 2.85. The minimum Gasteiger partial charge on any atom is -0.317 e. The number of halogens is 3. The molecule has 0 radical (unpaired) electrons. The molecule has 110 valence electrons. The minimum atomic E-state index is -0.917. The number of hydrogen-bond acceptors (Lipinski definition) is 1. The van der Waals surface area contributed by atoms with E-state index in [-0.39, 0.29) is 5.82 Å². The maximum atomic E-state index is 13.9. The molecule has 2 aromatic carbocycles. The average molecular weight is 291 g/mol. The standard InChI is InChI=1S/C17H16F3N/c18-15-8-13(11-3-5-21-6-4-11)7-14(9-15)12-1-2-16(19)17(20)10-12/h1-2,7-11,21H,3-6H2. The zero-order valence-electron chi connectivity index (χ0n) is 11.5. The van der Waals surface area contributed by atoms with Gasteiger partial charge in [0, 0.05) is 0 Å². The number of piperidine rings is 1. The minimum absolute atomic E-state index is 0.311. The van der Waals surface area contributed by atoms with Gasteiger partial charge in [0.15, 0.2) is 11.6 Å². The fourth-order valence-electron chi connectivity index (χ4n) is 2.85. The van der Waals surface area contributed by atoms with Crippen LogP contribution in [0.5, 0.6) is 0 Å². The first-order valence-corrected chi connectivity index (χ1v) is 7.10. The second-order valence-corrected chi connectivity index (χ2v) is 5.43. The van der Waals surface area contributed by atoms with E-state index in [0.717, 1.165) is 43.6 Å². The highest BCUT2D eigenvalue weighted by molar-refractivity contribution is 5.64. The highest BCUT2D eigenvalue weighted by Gasteiger charge is 2.17. The van der Waals surface area contributed by atoms with Gasteiger partial charge in [-0.1, -0.05) is 12.1 Å². The highest BCUT2D eigenvalue weighted by atomic mass is 19.2. The maximum absolute atomic E-state index is 13.9. The molecule has 21 heavy (non-hydrogen) atoms. The summed E-state index contributed by atoms with van der Waals surface area (Å²) in [5.74, 6) is -1.84. The highest BCUT2D eigenvalue weighted by Crippen LogP contribution is 2.30. The molecule has 1 aliphatic rings. The molecule has 4 heteroatoms. The maximum Gasteiger partial charge on any atom is 0.159 e. The normalized spacial score (nSPS) is 16.1. The Labute approximate surface area is 121 Å². The van der Waals surface area contributed by atoms with Crippen molar-refractivity contribution in [3.63, 3.8) is 0 Å². The summed E-state index contributed by atoms with van der Waals surface area (Å²) in [7, 11) is 0. The monoisotopic (exact) mass is 291 g/mol. The van der Waals surface area contributed by atoms with E-state index in [1.54, 1.807) is 6.07 Å². The summed E-state index contributed by atoms with van der Waals surface area (Å²) in [6.07, 6.45) is 1.92. The van der Waals surface area contributed by atoms with Crippen LogP contribution >= 0.6 is 0 Å². The smallest absolute Gasteiger partial charge is 0.159 e. The molecule has 0 bridgehead atoms. The van der Waals surface area contributed by atoms with Crippen molar-refractivity contribution in [2.45, 2.75) is 18.8 Å². The molecule has 0 atom stereocenters. The molecule has 0 unspecified atom stereocenters. The van der Waals surface area contributed by atoms with Crippen molar-refractivity contribution in [2.24, 2.45) is 0 Å². The Morgan fingerprint density at radius 3 is 2.29 bits per heavy atom. The van der Waals surface area contributed by atoms with Crippen LogP contribution in [0.25, 0.3) is 11.1 Å². The molecular formula is C17H16F3N. The van der Waals surface area contributed by atoms with E-state index in [4.69, 9.17) is 0 Å². The van der Waals surface area contributed by atoms with Crippen molar-refractivity contribution < 1.29 is 13.2 Å². The molecule has 1 saturated heterocycles. The number of rotatable bonds is 2. The number of nitrogens with one attached hydrogen (secondary N) is 1. The lowest BCUT2D eigenvalue weighted by atomic mass is 9.88. The van der Waals surface area contributed by atoms with E-state index in [9.17, 15) is 13.2 Å². The van der Waals surface area contributed by atoms with Crippen molar-refractivity contribution in [3.05, 3.63) is 59.4 Å². The molecule has 1 N–H and O–H groups in total. The molecule has 1 aliphatic heterocycles. The van der Waals surface area contributed by atoms with Gasteiger partial charge in [0.1, 0.15) is 5.82 Å². The Balaban J connectivity index is 1.98. The van der Waals surface area contributed by atoms with Gasteiger partial charge in [-0.25, -0.2) is 13.2 Å². The van der Waals surface area contributed by atoms with E-state index < -0.39 is 11.6 Å². The van der Waals surface area contributed by atoms with Gasteiger partial charge in [0.2, 0.25) is 0 Å². The van der Waals surface area contributed by atoms with Gasteiger partial charge in [-0.15, -0.1) is 0 Å². The van der Waals surface area contributed by atoms with Crippen molar-refractivity contribution in [2.75, 3.05) is 13.1 Å². The van der Waals surface area contributed by atoms with Gasteiger partial charge in [-0.05, 0) is 72.8 Å². The lowest BCUT2D eigenvalue weighted by Gasteiger charge is -2.23. The van der Waals surface area contributed by atoms with Crippen molar-refractivity contribution >= 4 is 0 Å². The summed E-state index contributed by atoms with van der Waals surface area (Å²) in [6, 6.07) is 8.43. The average Bonchev–Trinajstić information content (AvgIpc) is 2.50. The molecule has 3 rings (SSSR count). The summed E-state index contributed by atoms with van der Waals surface area (Å²) >= 11 is 0. The predicted molar refractivity (Wildman–Crippen MR) is 76.6 cm³/mol. The van der Waals surface area contributed by atoms with Gasteiger partial charge in [-0.2, -0.15) is 0 Å². The molecule has 2 aromatic rings. The molecule has 0 spiro atoms. The van der Waals surface area contributed by atoms with E-state index in [0.29, 0.717) is 17.0 Å². The van der Waals surface area contributed by atoms with Crippen LogP contribution in [0.4, 0.5) is 13.2 Å². The Morgan fingerprint density at radius 2 is 1.57 bits per heavy atom. The number of benzene rings is 2. The van der Waals surface area contributed by atoms with Crippen LogP contribution in [0.2, 0.25) is 0 Å². The lowest BCUT2D eigenvalue weighted by molar-refractivity contribution is 0.458. The summed E-state index contributed by atoms with van der Waals surface area (Å²) < 4.78 is 40.2. The molecular weight excluding hydrogens is 275 g/mol. The Bertz CT molecular complexity index is 648. The summed E-state index contributed by atoms with van der Waals surface area (Å²) in [5.41, 5.74) is 2.00. The van der Waals surface area contributed by atoms with Gasteiger partial charge < -0.3 is 5.32 Å². The van der Waals surface area contributed by atoms with Crippen LogP contribution in [0.3, 0.4) is 0 Å². The van der Waals surface area contributed by atoms with Crippen LogP contribution in [-0.4, -0.2) is 13.1 Å². The molecule has 0 aromatic heterocycles. The third kappa shape index (κ3) is 3.10. The quantitative estimate of drug-likeness (QED) is 0.872. The second-order valence-electron chi connectivity index (χ2n) is 5.43. The zero-order chi connectivity index (χ0) is 14.8. The molecule has 1 nitrogen and oxygen atoms in total. The van der Waals surface area contributed by atoms with Gasteiger partial charge in [-0.3, -0.25) is 0 Å². The SMILES string of the molecule is Fc1cc(-c2ccc(F)c(F)c2)cc(C2CCNCC2)c1. The Kier molecular flexibility index (Phi) is 3.97. The molecule has 1 heterocycles. The van der Waals surface area contributed by atoms with Gasteiger partial charge in [0.25, 0.3) is 0 Å². The van der Waals surface area contributed by atoms with Crippen LogP contribution in [0.15, 0.2) is 36.4 Å². The summed E-state index contributed by atoms with van der Waals surface area (Å²) in [6.45, 7) is 1.84. The van der Waals surface area contributed by atoms with E-state index >= 15 is 0 Å². The largest absolute Gasteiger partial charge is 0.317 e. The van der Waals surface area contributed by atoms with Crippen molar-refractivity contribution in [3.8, 4) is 11.1 Å². The topological polar surface area (TPSA) is 12.0 Å². The van der Waals surface area contributed by atoms with Crippen LogP contribution in [-0.2, 0) is 0 Å². The van der Waals surface area contributed by atoms with E-state index in [1.165, 1.54) is 12.1 Å². The van der Waals surface area contributed by atoms with E-state index in [1.807, 2.05) is 6.07 Å². The van der Waals surface area contributed by atoms with Crippen molar-refractivity contribution in [1.82, 2.24) is 5.32 Å². The van der Waals surface area contributed by atoms with E-state index in [2.05, 4.69) is 5.32 Å². The first-order valence-electron chi connectivity index (χ1n) is 7.10. The molecule has 0 amide bonds.